The van der Waals surface area contributed by atoms with Gasteiger partial charge in [-0.05, 0) is 19.3 Å². The van der Waals surface area contributed by atoms with Gasteiger partial charge in [-0.15, -0.1) is 0 Å². The van der Waals surface area contributed by atoms with Crippen LogP contribution in [0.2, 0.25) is 0 Å². The molecule has 0 spiro atoms. The Morgan fingerprint density at radius 3 is 1.73 bits per heavy atom. The summed E-state index contributed by atoms with van der Waals surface area (Å²) in [7, 11) is 1.14. The Bertz CT molecular complexity index is 715. The first kappa shape index (κ1) is 28.1. The van der Waals surface area contributed by atoms with E-state index in [9.17, 15) is 24.0 Å². The molecule has 11 nitrogen and oxygen atoms in total. The fraction of sp³-hybridized carbons (Fsp3) is 0.682. The highest BCUT2D eigenvalue weighted by molar-refractivity contribution is 5.91. The molecule has 1 fully saturated rings. The molecule has 0 radical (unpaired) electrons. The van der Waals surface area contributed by atoms with Crippen molar-refractivity contribution < 1.29 is 52.4 Å². The van der Waals surface area contributed by atoms with Crippen molar-refractivity contribution in [1.29, 1.82) is 0 Å². The molecule has 0 saturated carbocycles. The van der Waals surface area contributed by atoms with E-state index in [1.54, 1.807) is 20.8 Å². The molecule has 1 saturated heterocycles. The van der Waals surface area contributed by atoms with Crippen LogP contribution in [0.4, 0.5) is 0 Å². The first-order valence-electron chi connectivity index (χ1n) is 10.9. The molecule has 0 amide bonds. The van der Waals surface area contributed by atoms with Gasteiger partial charge in [0.15, 0.2) is 12.2 Å². The van der Waals surface area contributed by atoms with Crippen molar-refractivity contribution in [3.63, 3.8) is 0 Å². The average molecular weight is 472 g/mol. The van der Waals surface area contributed by atoms with E-state index >= 15 is 0 Å². The lowest BCUT2D eigenvalue weighted by atomic mass is 10.0. The molecule has 1 aliphatic rings. The SMILES string of the molecule is CCCC(=O)O[C@@H]1[C@@H](OC(=O)CCC)[C@@H](OC(=O)/C=C/C(=O)OC)OC[C@H]1OC(=O)CCC. The molecule has 186 valence electrons. The van der Waals surface area contributed by atoms with Gasteiger partial charge >= 0.3 is 29.8 Å². The molecule has 1 rings (SSSR count). The largest absolute Gasteiger partial charge is 0.466 e. The van der Waals surface area contributed by atoms with Crippen LogP contribution in [0.3, 0.4) is 0 Å². The minimum atomic E-state index is -1.47. The number of methoxy groups -OCH3 is 1. The Morgan fingerprint density at radius 2 is 1.21 bits per heavy atom. The fourth-order valence-electron chi connectivity index (χ4n) is 2.83. The van der Waals surface area contributed by atoms with Crippen LogP contribution < -0.4 is 0 Å². The third-order valence-electron chi connectivity index (χ3n) is 4.35. The number of carbonyl (C=O) groups is 5. The third kappa shape index (κ3) is 10.0. The molecule has 0 aliphatic carbocycles. The average Bonchev–Trinajstić information content (AvgIpc) is 2.76. The lowest BCUT2D eigenvalue weighted by molar-refractivity contribution is -0.274. The third-order valence-corrected chi connectivity index (χ3v) is 4.35. The molecule has 1 heterocycles. The summed E-state index contributed by atoms with van der Waals surface area (Å²) in [5.74, 6) is -3.56. The maximum Gasteiger partial charge on any atom is 0.333 e. The minimum absolute atomic E-state index is 0.0509. The monoisotopic (exact) mass is 472 g/mol. The second-order valence-electron chi connectivity index (χ2n) is 7.18. The summed E-state index contributed by atoms with van der Waals surface area (Å²) in [4.78, 5) is 59.9. The first-order valence-corrected chi connectivity index (χ1v) is 10.9. The standard InChI is InChI=1S/C22H32O11/c1-5-8-16(24)30-14-13-29-22(33-19(27)12-11-15(23)28-4)21(32-18(26)10-7-3)20(14)31-17(25)9-6-2/h11-12,14,20-22H,5-10,13H2,1-4H3/b12-11+/t14-,20+,21-,22-/m1/s1. The van der Waals surface area contributed by atoms with Crippen molar-refractivity contribution in [2.45, 2.75) is 83.9 Å². The van der Waals surface area contributed by atoms with E-state index in [0.29, 0.717) is 19.3 Å². The quantitative estimate of drug-likeness (QED) is 0.233. The highest BCUT2D eigenvalue weighted by Gasteiger charge is 2.49. The summed E-state index contributed by atoms with van der Waals surface area (Å²) in [5.41, 5.74) is 0. The van der Waals surface area contributed by atoms with E-state index in [-0.39, 0.29) is 25.9 Å². The first-order chi connectivity index (χ1) is 15.7. The van der Waals surface area contributed by atoms with E-state index in [1.807, 2.05) is 0 Å². The number of hydrogen-bond acceptors (Lipinski definition) is 11. The lowest BCUT2D eigenvalue weighted by Gasteiger charge is -2.40. The molecule has 0 N–H and O–H groups in total. The summed E-state index contributed by atoms with van der Waals surface area (Å²) < 4.78 is 31.4. The van der Waals surface area contributed by atoms with Crippen LogP contribution >= 0.6 is 0 Å². The summed E-state index contributed by atoms with van der Waals surface area (Å²) in [6, 6.07) is 0. The van der Waals surface area contributed by atoms with Gasteiger partial charge in [-0.25, -0.2) is 9.59 Å². The molecule has 0 aromatic rings. The van der Waals surface area contributed by atoms with Crippen LogP contribution in [0.25, 0.3) is 0 Å². The van der Waals surface area contributed by atoms with Crippen molar-refractivity contribution in [3.8, 4) is 0 Å². The van der Waals surface area contributed by atoms with Crippen molar-refractivity contribution in [2.24, 2.45) is 0 Å². The highest BCUT2D eigenvalue weighted by atomic mass is 16.7. The Kier molecular flexibility index (Phi) is 12.8. The molecule has 11 heteroatoms. The lowest BCUT2D eigenvalue weighted by Crippen LogP contribution is -2.58. The molecule has 0 aromatic heterocycles. The zero-order valence-electron chi connectivity index (χ0n) is 19.4. The minimum Gasteiger partial charge on any atom is -0.466 e. The maximum atomic E-state index is 12.3. The summed E-state index contributed by atoms with van der Waals surface area (Å²) in [6.07, 6.45) is -1.78. The Hall–Kier alpha value is -2.95. The number of esters is 5. The summed E-state index contributed by atoms with van der Waals surface area (Å²) in [5, 5.41) is 0. The smallest absolute Gasteiger partial charge is 0.333 e. The van der Waals surface area contributed by atoms with Crippen molar-refractivity contribution in [2.75, 3.05) is 13.7 Å². The summed E-state index contributed by atoms with van der Waals surface area (Å²) in [6.45, 7) is 5.06. The second-order valence-corrected chi connectivity index (χ2v) is 7.18. The molecule has 33 heavy (non-hydrogen) atoms. The van der Waals surface area contributed by atoms with Crippen LogP contribution in [0.15, 0.2) is 12.2 Å². The van der Waals surface area contributed by atoms with Crippen molar-refractivity contribution >= 4 is 29.8 Å². The van der Waals surface area contributed by atoms with Gasteiger partial charge in [-0.2, -0.15) is 0 Å². The van der Waals surface area contributed by atoms with E-state index in [0.717, 1.165) is 19.3 Å². The molecular formula is C22H32O11. The molecule has 0 aromatic carbocycles. The van der Waals surface area contributed by atoms with Crippen LogP contribution in [-0.4, -0.2) is 68.2 Å². The van der Waals surface area contributed by atoms with Gasteiger partial charge in [0.1, 0.15) is 0 Å². The molecule has 0 unspecified atom stereocenters. The zero-order chi connectivity index (χ0) is 24.8. The van der Waals surface area contributed by atoms with Gasteiger partial charge in [0.25, 0.3) is 0 Å². The fourth-order valence-corrected chi connectivity index (χ4v) is 2.83. The van der Waals surface area contributed by atoms with Crippen LogP contribution in [-0.2, 0) is 52.4 Å². The van der Waals surface area contributed by atoms with Gasteiger partial charge in [0.05, 0.1) is 13.7 Å². The number of carbonyl (C=O) groups excluding carboxylic acids is 5. The van der Waals surface area contributed by atoms with Crippen LogP contribution in [0, 0.1) is 0 Å². The number of ether oxygens (including phenoxy) is 6. The normalized spacial score (nSPS) is 22.3. The maximum absolute atomic E-state index is 12.3. The predicted molar refractivity (Wildman–Crippen MR) is 111 cm³/mol. The molecular weight excluding hydrogens is 440 g/mol. The van der Waals surface area contributed by atoms with Crippen molar-refractivity contribution in [3.05, 3.63) is 12.2 Å². The zero-order valence-corrected chi connectivity index (χ0v) is 19.4. The van der Waals surface area contributed by atoms with Gasteiger partial charge in [-0.3, -0.25) is 14.4 Å². The van der Waals surface area contributed by atoms with Crippen LogP contribution in [0.1, 0.15) is 59.3 Å². The van der Waals surface area contributed by atoms with Gasteiger partial charge in [0.2, 0.25) is 12.4 Å². The van der Waals surface area contributed by atoms with Gasteiger partial charge in [-0.1, -0.05) is 20.8 Å². The number of hydrogen-bond donors (Lipinski definition) is 0. The van der Waals surface area contributed by atoms with Crippen molar-refractivity contribution in [1.82, 2.24) is 0 Å². The van der Waals surface area contributed by atoms with Gasteiger partial charge < -0.3 is 28.4 Å². The van der Waals surface area contributed by atoms with E-state index in [4.69, 9.17) is 23.7 Å². The van der Waals surface area contributed by atoms with E-state index < -0.39 is 54.4 Å². The van der Waals surface area contributed by atoms with E-state index in [2.05, 4.69) is 4.74 Å². The molecule has 4 atom stereocenters. The Labute approximate surface area is 192 Å². The second kappa shape index (κ2) is 15.0. The number of rotatable bonds is 12. The predicted octanol–water partition coefficient (Wildman–Crippen LogP) is 1.75. The highest BCUT2D eigenvalue weighted by Crippen LogP contribution is 2.26. The van der Waals surface area contributed by atoms with Crippen LogP contribution in [0.5, 0.6) is 0 Å². The Balaban J connectivity index is 3.16. The molecule has 0 bridgehead atoms. The van der Waals surface area contributed by atoms with E-state index in [1.165, 1.54) is 0 Å². The topological polar surface area (TPSA) is 141 Å². The summed E-state index contributed by atoms with van der Waals surface area (Å²) >= 11 is 0. The van der Waals surface area contributed by atoms with Gasteiger partial charge in [0, 0.05) is 31.4 Å². The Morgan fingerprint density at radius 1 is 0.727 bits per heavy atom. The molecule has 1 aliphatic heterocycles.